The second-order valence-electron chi connectivity index (χ2n) is 3.78. The lowest BCUT2D eigenvalue weighted by Gasteiger charge is -2.10. The van der Waals surface area contributed by atoms with Crippen LogP contribution in [-0.4, -0.2) is 13.7 Å². The Bertz CT molecular complexity index is 463. The molecule has 17 heavy (non-hydrogen) atoms. The first-order valence-electron chi connectivity index (χ1n) is 5.76. The van der Waals surface area contributed by atoms with Gasteiger partial charge in [0.05, 0.1) is 13.4 Å². The summed E-state index contributed by atoms with van der Waals surface area (Å²) in [6, 6.07) is 9.89. The first-order chi connectivity index (χ1) is 8.35. The summed E-state index contributed by atoms with van der Waals surface area (Å²) in [4.78, 5) is 0. The van der Waals surface area contributed by atoms with Crippen LogP contribution >= 0.6 is 0 Å². The number of furan rings is 1. The van der Waals surface area contributed by atoms with E-state index >= 15 is 0 Å². The highest BCUT2D eigenvalue weighted by molar-refractivity contribution is 5.63. The standard InChI is InChI=1S/C14H17NO2/c1-3-15-10-11-9-12(16-2)6-7-13(11)14-5-4-8-17-14/h4-9,15H,3,10H2,1-2H3. The van der Waals surface area contributed by atoms with Gasteiger partial charge in [0.1, 0.15) is 11.5 Å². The van der Waals surface area contributed by atoms with Crippen LogP contribution in [-0.2, 0) is 6.54 Å². The van der Waals surface area contributed by atoms with Gasteiger partial charge in [-0.05, 0) is 42.4 Å². The molecule has 1 aromatic heterocycles. The zero-order chi connectivity index (χ0) is 12.1. The number of rotatable bonds is 5. The Morgan fingerprint density at radius 1 is 1.29 bits per heavy atom. The van der Waals surface area contributed by atoms with Crippen molar-refractivity contribution in [3.63, 3.8) is 0 Å². The second kappa shape index (κ2) is 5.55. The Morgan fingerprint density at radius 2 is 2.18 bits per heavy atom. The molecule has 0 aliphatic rings. The van der Waals surface area contributed by atoms with Crippen molar-refractivity contribution in [2.75, 3.05) is 13.7 Å². The van der Waals surface area contributed by atoms with Gasteiger partial charge in [0.15, 0.2) is 0 Å². The molecule has 1 N–H and O–H groups in total. The van der Waals surface area contributed by atoms with Crippen molar-refractivity contribution in [2.24, 2.45) is 0 Å². The van der Waals surface area contributed by atoms with E-state index in [1.54, 1.807) is 13.4 Å². The molecular formula is C14H17NO2. The van der Waals surface area contributed by atoms with Crippen molar-refractivity contribution in [3.8, 4) is 17.1 Å². The van der Waals surface area contributed by atoms with Gasteiger partial charge in [0.25, 0.3) is 0 Å². The van der Waals surface area contributed by atoms with E-state index in [1.165, 1.54) is 5.56 Å². The summed E-state index contributed by atoms with van der Waals surface area (Å²) in [5, 5.41) is 3.32. The van der Waals surface area contributed by atoms with E-state index in [2.05, 4.69) is 12.2 Å². The zero-order valence-electron chi connectivity index (χ0n) is 10.2. The molecule has 0 bridgehead atoms. The molecule has 2 rings (SSSR count). The van der Waals surface area contributed by atoms with E-state index in [4.69, 9.17) is 9.15 Å². The van der Waals surface area contributed by atoms with Crippen LogP contribution in [0.4, 0.5) is 0 Å². The Kier molecular flexibility index (Phi) is 3.83. The van der Waals surface area contributed by atoms with E-state index in [-0.39, 0.29) is 0 Å². The van der Waals surface area contributed by atoms with Gasteiger partial charge in [-0.25, -0.2) is 0 Å². The SMILES string of the molecule is CCNCc1cc(OC)ccc1-c1ccco1. The summed E-state index contributed by atoms with van der Waals surface area (Å²) in [5.41, 5.74) is 2.29. The summed E-state index contributed by atoms with van der Waals surface area (Å²) < 4.78 is 10.7. The number of nitrogens with one attached hydrogen (secondary N) is 1. The molecule has 0 saturated heterocycles. The van der Waals surface area contributed by atoms with Gasteiger partial charge >= 0.3 is 0 Å². The fourth-order valence-corrected chi connectivity index (χ4v) is 1.78. The molecule has 0 atom stereocenters. The second-order valence-corrected chi connectivity index (χ2v) is 3.78. The third kappa shape index (κ3) is 2.68. The quantitative estimate of drug-likeness (QED) is 0.858. The largest absolute Gasteiger partial charge is 0.497 e. The average molecular weight is 231 g/mol. The normalized spacial score (nSPS) is 10.5. The number of ether oxygens (including phenoxy) is 1. The summed E-state index contributed by atoms with van der Waals surface area (Å²) in [6.07, 6.45) is 1.69. The van der Waals surface area contributed by atoms with E-state index in [0.29, 0.717) is 0 Å². The van der Waals surface area contributed by atoms with Crippen molar-refractivity contribution < 1.29 is 9.15 Å². The van der Waals surface area contributed by atoms with Crippen molar-refractivity contribution in [1.82, 2.24) is 5.32 Å². The van der Waals surface area contributed by atoms with Crippen molar-refractivity contribution in [2.45, 2.75) is 13.5 Å². The molecule has 0 fully saturated rings. The Labute approximate surface area is 101 Å². The van der Waals surface area contributed by atoms with Crippen LogP contribution in [0.3, 0.4) is 0 Å². The molecule has 1 aromatic carbocycles. The fourth-order valence-electron chi connectivity index (χ4n) is 1.78. The molecule has 2 aromatic rings. The van der Waals surface area contributed by atoms with Gasteiger partial charge in [-0.15, -0.1) is 0 Å². The zero-order valence-corrected chi connectivity index (χ0v) is 10.2. The molecule has 0 aliphatic heterocycles. The van der Waals surface area contributed by atoms with E-state index < -0.39 is 0 Å². The smallest absolute Gasteiger partial charge is 0.134 e. The third-order valence-electron chi connectivity index (χ3n) is 2.66. The van der Waals surface area contributed by atoms with Crippen molar-refractivity contribution in [1.29, 1.82) is 0 Å². The van der Waals surface area contributed by atoms with Crippen LogP contribution < -0.4 is 10.1 Å². The predicted octanol–water partition coefficient (Wildman–Crippen LogP) is 3.06. The van der Waals surface area contributed by atoms with Gasteiger partial charge in [-0.1, -0.05) is 6.92 Å². The summed E-state index contributed by atoms with van der Waals surface area (Å²) in [5.74, 6) is 1.76. The Hall–Kier alpha value is -1.74. The van der Waals surface area contributed by atoms with Gasteiger partial charge in [-0.3, -0.25) is 0 Å². The number of hydrogen-bond donors (Lipinski definition) is 1. The fraction of sp³-hybridized carbons (Fsp3) is 0.286. The highest BCUT2D eigenvalue weighted by atomic mass is 16.5. The molecule has 0 amide bonds. The highest BCUT2D eigenvalue weighted by Gasteiger charge is 2.08. The average Bonchev–Trinajstić information content (AvgIpc) is 2.89. The summed E-state index contributed by atoms with van der Waals surface area (Å²) in [7, 11) is 1.68. The summed E-state index contributed by atoms with van der Waals surface area (Å²) >= 11 is 0. The molecule has 0 aliphatic carbocycles. The van der Waals surface area contributed by atoms with Crippen LogP contribution in [0.15, 0.2) is 41.0 Å². The summed E-state index contributed by atoms with van der Waals surface area (Å²) in [6.45, 7) is 3.84. The minimum Gasteiger partial charge on any atom is -0.497 e. The molecule has 0 saturated carbocycles. The maximum atomic E-state index is 5.45. The van der Waals surface area contributed by atoms with E-state index in [0.717, 1.165) is 30.2 Å². The minimum absolute atomic E-state index is 0.809. The number of methoxy groups -OCH3 is 1. The molecule has 0 radical (unpaired) electrons. The molecule has 1 heterocycles. The van der Waals surface area contributed by atoms with Gasteiger partial charge in [0.2, 0.25) is 0 Å². The van der Waals surface area contributed by atoms with Gasteiger partial charge < -0.3 is 14.5 Å². The number of hydrogen-bond acceptors (Lipinski definition) is 3. The van der Waals surface area contributed by atoms with Gasteiger partial charge in [-0.2, -0.15) is 0 Å². The molecule has 3 nitrogen and oxygen atoms in total. The van der Waals surface area contributed by atoms with Crippen LogP contribution in [0.1, 0.15) is 12.5 Å². The van der Waals surface area contributed by atoms with E-state index in [9.17, 15) is 0 Å². The molecular weight excluding hydrogens is 214 g/mol. The molecule has 0 spiro atoms. The lowest BCUT2D eigenvalue weighted by molar-refractivity contribution is 0.414. The van der Waals surface area contributed by atoms with Gasteiger partial charge in [0, 0.05) is 12.1 Å². The lowest BCUT2D eigenvalue weighted by atomic mass is 10.0. The minimum atomic E-state index is 0.809. The molecule has 90 valence electrons. The van der Waals surface area contributed by atoms with Crippen LogP contribution in [0, 0.1) is 0 Å². The first-order valence-corrected chi connectivity index (χ1v) is 5.76. The van der Waals surface area contributed by atoms with Crippen LogP contribution in [0.5, 0.6) is 5.75 Å². The Morgan fingerprint density at radius 3 is 2.82 bits per heavy atom. The van der Waals surface area contributed by atoms with Crippen molar-refractivity contribution >= 4 is 0 Å². The van der Waals surface area contributed by atoms with Crippen LogP contribution in [0.2, 0.25) is 0 Å². The lowest BCUT2D eigenvalue weighted by Crippen LogP contribution is -2.12. The maximum Gasteiger partial charge on any atom is 0.134 e. The maximum absolute atomic E-state index is 5.45. The Balaban J connectivity index is 2.36. The van der Waals surface area contributed by atoms with Crippen LogP contribution in [0.25, 0.3) is 11.3 Å². The monoisotopic (exact) mass is 231 g/mol. The molecule has 0 unspecified atom stereocenters. The predicted molar refractivity (Wildman–Crippen MR) is 68.1 cm³/mol. The molecule has 3 heteroatoms. The topological polar surface area (TPSA) is 34.4 Å². The first kappa shape index (κ1) is 11.7. The third-order valence-corrected chi connectivity index (χ3v) is 2.66. The van der Waals surface area contributed by atoms with E-state index in [1.807, 2.05) is 30.3 Å². The highest BCUT2D eigenvalue weighted by Crippen LogP contribution is 2.27. The van der Waals surface area contributed by atoms with Crippen molar-refractivity contribution in [3.05, 3.63) is 42.2 Å². The number of benzene rings is 1.